The fourth-order valence-electron chi connectivity index (χ4n) is 4.36. The number of imide groups is 1. The van der Waals surface area contributed by atoms with Crippen molar-refractivity contribution in [3.63, 3.8) is 0 Å². The van der Waals surface area contributed by atoms with E-state index in [4.69, 9.17) is 4.42 Å². The second kappa shape index (κ2) is 8.51. The van der Waals surface area contributed by atoms with Crippen molar-refractivity contribution in [3.05, 3.63) is 108 Å². The maximum Gasteiger partial charge on any atom is 0.325 e. The van der Waals surface area contributed by atoms with E-state index >= 15 is 0 Å². The molecule has 7 heteroatoms. The zero-order chi connectivity index (χ0) is 23.7. The highest BCUT2D eigenvalue weighted by Gasteiger charge is 2.49. The lowest BCUT2D eigenvalue weighted by Gasteiger charge is -2.24. The van der Waals surface area contributed by atoms with Crippen LogP contribution in [0.2, 0.25) is 0 Å². The molecular weight excluding hydrogens is 430 g/mol. The molecule has 0 aliphatic carbocycles. The van der Waals surface area contributed by atoms with Gasteiger partial charge >= 0.3 is 6.03 Å². The number of fused-ring (bicyclic) bond motifs is 1. The zero-order valence-corrected chi connectivity index (χ0v) is 18.6. The zero-order valence-electron chi connectivity index (χ0n) is 18.6. The van der Waals surface area contributed by atoms with Gasteiger partial charge in [0.2, 0.25) is 0 Å². The predicted molar refractivity (Wildman–Crippen MR) is 127 cm³/mol. The normalized spacial score (nSPS) is 17.7. The van der Waals surface area contributed by atoms with Crippen LogP contribution in [0.5, 0.6) is 0 Å². The molecule has 1 saturated heterocycles. The topological polar surface area (TPSA) is 91.7 Å². The SMILES string of the molecule is CC1(c2cccc3ccccc23)NC(=O)N(Cc2cccc(C(=O)NCc3ccco3)c2)C1=O. The first-order valence-electron chi connectivity index (χ1n) is 11.0. The molecule has 1 fully saturated rings. The molecule has 0 saturated carbocycles. The average molecular weight is 453 g/mol. The highest BCUT2D eigenvalue weighted by Crippen LogP contribution is 2.34. The van der Waals surface area contributed by atoms with Crippen molar-refractivity contribution in [1.29, 1.82) is 0 Å². The minimum absolute atomic E-state index is 0.0598. The van der Waals surface area contributed by atoms with Crippen LogP contribution in [0.1, 0.15) is 34.2 Å². The summed E-state index contributed by atoms with van der Waals surface area (Å²) in [6.45, 7) is 2.06. The molecule has 1 aliphatic rings. The van der Waals surface area contributed by atoms with Crippen molar-refractivity contribution in [2.24, 2.45) is 0 Å². The Morgan fingerprint density at radius 3 is 2.62 bits per heavy atom. The third-order valence-electron chi connectivity index (χ3n) is 6.14. The van der Waals surface area contributed by atoms with Crippen LogP contribution < -0.4 is 10.6 Å². The molecule has 1 aromatic heterocycles. The van der Waals surface area contributed by atoms with Crippen LogP contribution in [0, 0.1) is 0 Å². The Kier molecular flexibility index (Phi) is 5.37. The quantitative estimate of drug-likeness (QED) is 0.425. The third kappa shape index (κ3) is 3.81. The Balaban J connectivity index is 1.36. The lowest BCUT2D eigenvalue weighted by molar-refractivity contribution is -0.131. The van der Waals surface area contributed by atoms with Crippen LogP contribution in [0.3, 0.4) is 0 Å². The van der Waals surface area contributed by atoms with Gasteiger partial charge in [-0.15, -0.1) is 0 Å². The van der Waals surface area contributed by atoms with E-state index in [1.165, 1.54) is 4.90 Å². The van der Waals surface area contributed by atoms with Crippen molar-refractivity contribution in [2.75, 3.05) is 0 Å². The lowest BCUT2D eigenvalue weighted by Crippen LogP contribution is -2.41. The number of carbonyl (C=O) groups is 3. The Bertz CT molecular complexity index is 1390. The third-order valence-corrected chi connectivity index (χ3v) is 6.14. The smallest absolute Gasteiger partial charge is 0.325 e. The van der Waals surface area contributed by atoms with E-state index in [0.717, 1.165) is 16.3 Å². The maximum absolute atomic E-state index is 13.5. The summed E-state index contributed by atoms with van der Waals surface area (Å²) in [7, 11) is 0. The monoisotopic (exact) mass is 453 g/mol. The summed E-state index contributed by atoms with van der Waals surface area (Å²) in [5.74, 6) is 0.0501. The Hall–Kier alpha value is -4.39. The second-order valence-corrected chi connectivity index (χ2v) is 8.44. The van der Waals surface area contributed by atoms with E-state index in [1.807, 2.05) is 42.5 Å². The molecule has 170 valence electrons. The Labute approximate surface area is 196 Å². The Morgan fingerprint density at radius 1 is 1.00 bits per heavy atom. The van der Waals surface area contributed by atoms with E-state index in [9.17, 15) is 14.4 Å². The average Bonchev–Trinajstić information content (AvgIpc) is 3.45. The highest BCUT2D eigenvalue weighted by molar-refractivity contribution is 6.09. The van der Waals surface area contributed by atoms with Gasteiger partial charge in [-0.05, 0) is 53.1 Å². The maximum atomic E-state index is 13.5. The van der Waals surface area contributed by atoms with Crippen molar-refractivity contribution < 1.29 is 18.8 Å². The number of nitrogens with zero attached hydrogens (tertiary/aromatic N) is 1. The minimum atomic E-state index is -1.18. The van der Waals surface area contributed by atoms with Crippen LogP contribution in [-0.2, 0) is 23.4 Å². The molecule has 2 N–H and O–H groups in total. The summed E-state index contributed by atoms with van der Waals surface area (Å²) in [5.41, 5.74) is 0.678. The van der Waals surface area contributed by atoms with Crippen molar-refractivity contribution in [1.82, 2.24) is 15.5 Å². The summed E-state index contributed by atoms with van der Waals surface area (Å²) >= 11 is 0. The number of furan rings is 1. The van der Waals surface area contributed by atoms with Gasteiger partial charge in [-0.2, -0.15) is 0 Å². The largest absolute Gasteiger partial charge is 0.467 e. The van der Waals surface area contributed by atoms with Gasteiger partial charge in [-0.1, -0.05) is 54.6 Å². The number of benzene rings is 3. The lowest BCUT2D eigenvalue weighted by atomic mass is 9.88. The standard InChI is InChI=1S/C27H23N3O4/c1-27(23-13-5-9-19-8-2-3-12-22(19)23)25(32)30(26(33)29-27)17-18-7-4-10-20(15-18)24(31)28-16-21-11-6-14-34-21/h2-15H,16-17H2,1H3,(H,28,31)(H,29,33). The molecular formula is C27H23N3O4. The number of urea groups is 1. The summed E-state index contributed by atoms with van der Waals surface area (Å²) in [5, 5.41) is 7.59. The van der Waals surface area contributed by atoms with Gasteiger partial charge in [0, 0.05) is 5.56 Å². The van der Waals surface area contributed by atoms with Crippen LogP contribution in [0.15, 0.2) is 89.5 Å². The second-order valence-electron chi connectivity index (χ2n) is 8.44. The van der Waals surface area contributed by atoms with E-state index in [1.54, 1.807) is 49.6 Å². The molecule has 5 rings (SSSR count). The van der Waals surface area contributed by atoms with E-state index in [-0.39, 0.29) is 24.9 Å². The van der Waals surface area contributed by atoms with Gasteiger partial charge in [0.15, 0.2) is 0 Å². The molecule has 1 aliphatic heterocycles. The molecule has 34 heavy (non-hydrogen) atoms. The molecule has 7 nitrogen and oxygen atoms in total. The van der Waals surface area contributed by atoms with Gasteiger partial charge in [0.05, 0.1) is 19.4 Å². The van der Waals surface area contributed by atoms with Gasteiger partial charge < -0.3 is 15.1 Å². The number of hydrogen-bond donors (Lipinski definition) is 2. The molecule has 4 aromatic rings. The van der Waals surface area contributed by atoms with Crippen LogP contribution in [0.25, 0.3) is 10.8 Å². The first-order chi connectivity index (χ1) is 16.5. The minimum Gasteiger partial charge on any atom is -0.467 e. The summed E-state index contributed by atoms with van der Waals surface area (Å²) in [4.78, 5) is 40.1. The molecule has 0 spiro atoms. The van der Waals surface area contributed by atoms with Crippen molar-refractivity contribution >= 4 is 28.6 Å². The molecule has 0 bridgehead atoms. The van der Waals surface area contributed by atoms with Crippen LogP contribution >= 0.6 is 0 Å². The molecule has 2 heterocycles. The molecule has 4 amide bonds. The summed E-state index contributed by atoms with van der Waals surface area (Å²) in [6.07, 6.45) is 1.55. The molecule has 1 unspecified atom stereocenters. The predicted octanol–water partition coefficient (Wildman–Crippen LogP) is 4.33. The van der Waals surface area contributed by atoms with Gasteiger partial charge in [0.1, 0.15) is 11.3 Å². The van der Waals surface area contributed by atoms with E-state index in [2.05, 4.69) is 10.6 Å². The van der Waals surface area contributed by atoms with Crippen molar-refractivity contribution in [2.45, 2.75) is 25.6 Å². The first-order valence-corrected chi connectivity index (χ1v) is 11.0. The van der Waals surface area contributed by atoms with Gasteiger partial charge in [-0.25, -0.2) is 4.79 Å². The molecule has 1 atom stereocenters. The molecule has 0 radical (unpaired) electrons. The number of rotatable bonds is 6. The number of hydrogen-bond acceptors (Lipinski definition) is 4. The van der Waals surface area contributed by atoms with Crippen LogP contribution in [0.4, 0.5) is 4.79 Å². The van der Waals surface area contributed by atoms with E-state index in [0.29, 0.717) is 16.9 Å². The fraction of sp³-hybridized carbons (Fsp3) is 0.148. The number of amides is 4. The van der Waals surface area contributed by atoms with Crippen LogP contribution in [-0.4, -0.2) is 22.7 Å². The molecule has 3 aromatic carbocycles. The first kappa shape index (κ1) is 21.5. The van der Waals surface area contributed by atoms with Gasteiger partial charge in [0.25, 0.3) is 11.8 Å². The van der Waals surface area contributed by atoms with Gasteiger partial charge in [-0.3, -0.25) is 14.5 Å². The fourth-order valence-corrected chi connectivity index (χ4v) is 4.36. The van der Waals surface area contributed by atoms with E-state index < -0.39 is 11.6 Å². The summed E-state index contributed by atoms with van der Waals surface area (Å²) < 4.78 is 5.24. The number of nitrogens with one attached hydrogen (secondary N) is 2. The number of carbonyl (C=O) groups excluding carboxylic acids is 3. The summed E-state index contributed by atoms with van der Waals surface area (Å²) in [6, 6.07) is 23.5. The highest BCUT2D eigenvalue weighted by atomic mass is 16.3. The van der Waals surface area contributed by atoms with Crippen molar-refractivity contribution in [3.8, 4) is 0 Å². The Morgan fingerprint density at radius 2 is 1.79 bits per heavy atom.